The number of amides is 2. The normalized spacial score (nSPS) is 28.9. The van der Waals surface area contributed by atoms with E-state index in [1.807, 2.05) is 23.1 Å². The van der Waals surface area contributed by atoms with E-state index < -0.39 is 0 Å². The first kappa shape index (κ1) is 17.4. The van der Waals surface area contributed by atoms with Crippen LogP contribution in [0.2, 0.25) is 0 Å². The molecule has 1 aliphatic heterocycles. The average Bonchev–Trinajstić information content (AvgIpc) is 3.18. The van der Waals surface area contributed by atoms with Crippen LogP contribution in [0.5, 0.6) is 0 Å². The summed E-state index contributed by atoms with van der Waals surface area (Å²) in [6, 6.07) is 7.33. The van der Waals surface area contributed by atoms with Crippen molar-refractivity contribution >= 4 is 11.8 Å². The number of rotatable bonds is 3. The van der Waals surface area contributed by atoms with Gasteiger partial charge in [0.2, 0.25) is 5.91 Å². The molecule has 1 unspecified atom stereocenters. The Morgan fingerprint density at radius 3 is 2.50 bits per heavy atom. The van der Waals surface area contributed by atoms with Crippen molar-refractivity contribution < 1.29 is 14.7 Å². The fourth-order valence-electron chi connectivity index (χ4n) is 4.69. The predicted molar refractivity (Wildman–Crippen MR) is 99.6 cm³/mol. The number of hydrogen-bond acceptors (Lipinski definition) is 5. The topological polar surface area (TPSA) is 91.6 Å². The molecule has 2 amide bonds. The molecule has 8 heteroatoms. The minimum atomic E-state index is -0.222. The Labute approximate surface area is 162 Å². The van der Waals surface area contributed by atoms with Gasteiger partial charge in [-0.25, -0.2) is 4.68 Å². The van der Waals surface area contributed by atoms with Crippen molar-refractivity contribution in [3.63, 3.8) is 0 Å². The van der Waals surface area contributed by atoms with Gasteiger partial charge in [-0.15, -0.1) is 5.10 Å². The smallest absolute Gasteiger partial charge is 0.254 e. The number of piperazine rings is 1. The zero-order chi connectivity index (χ0) is 19.3. The largest absolute Gasteiger partial charge is 0.393 e. The lowest BCUT2D eigenvalue weighted by molar-refractivity contribution is -0.136. The molecule has 3 aliphatic rings. The SMILES string of the molecule is O=C(c1cccc(-n2ccnn2)c1)N1CCN(C(=O)C2CC23CC(O)C3)CC1. The van der Waals surface area contributed by atoms with E-state index in [9.17, 15) is 14.7 Å². The van der Waals surface area contributed by atoms with E-state index in [0.717, 1.165) is 24.9 Å². The minimum Gasteiger partial charge on any atom is -0.393 e. The highest BCUT2D eigenvalue weighted by Crippen LogP contribution is 2.65. The molecule has 1 aromatic heterocycles. The van der Waals surface area contributed by atoms with Gasteiger partial charge in [0.1, 0.15) is 0 Å². The van der Waals surface area contributed by atoms with Crippen LogP contribution in [0.3, 0.4) is 0 Å². The van der Waals surface area contributed by atoms with Crippen molar-refractivity contribution in [2.75, 3.05) is 26.2 Å². The Balaban J connectivity index is 1.20. The maximum Gasteiger partial charge on any atom is 0.254 e. The predicted octanol–water partition coefficient (Wildman–Crippen LogP) is 0.713. The molecule has 1 saturated heterocycles. The fraction of sp³-hybridized carbons (Fsp3) is 0.500. The second-order valence-electron chi connectivity index (χ2n) is 8.20. The summed E-state index contributed by atoms with van der Waals surface area (Å²) >= 11 is 0. The highest BCUT2D eigenvalue weighted by molar-refractivity contribution is 5.95. The molecule has 2 saturated carbocycles. The Hall–Kier alpha value is -2.74. The van der Waals surface area contributed by atoms with E-state index in [-0.39, 0.29) is 29.3 Å². The van der Waals surface area contributed by atoms with Gasteiger partial charge in [0.25, 0.3) is 5.91 Å². The molecule has 2 aromatic rings. The standard InChI is InChI=1S/C20H23N5O3/c26-16-11-20(12-16)13-17(20)19(28)24-8-6-23(7-9-24)18(27)14-2-1-3-15(10-14)25-5-4-21-22-25/h1-5,10,16-17,26H,6-9,11-13H2. The number of benzene rings is 1. The molecule has 8 nitrogen and oxygen atoms in total. The number of hydrogen-bond donors (Lipinski definition) is 1. The van der Waals surface area contributed by atoms with Crippen LogP contribution in [0.4, 0.5) is 0 Å². The number of carbonyl (C=O) groups is 2. The van der Waals surface area contributed by atoms with Gasteiger partial charge in [0.05, 0.1) is 24.2 Å². The fourth-order valence-corrected chi connectivity index (χ4v) is 4.69. The summed E-state index contributed by atoms with van der Waals surface area (Å²) in [6.45, 7) is 2.23. The first-order valence-corrected chi connectivity index (χ1v) is 9.79. The molecule has 0 radical (unpaired) electrons. The van der Waals surface area contributed by atoms with E-state index >= 15 is 0 Å². The third-order valence-electron chi connectivity index (χ3n) is 6.43. The van der Waals surface area contributed by atoms with Gasteiger partial charge in [0, 0.05) is 37.7 Å². The van der Waals surface area contributed by atoms with Crippen molar-refractivity contribution in [3.8, 4) is 5.69 Å². The summed E-state index contributed by atoms with van der Waals surface area (Å²) in [6.07, 6.45) is 5.56. The third kappa shape index (κ3) is 2.88. The van der Waals surface area contributed by atoms with Crippen molar-refractivity contribution in [3.05, 3.63) is 42.2 Å². The summed E-state index contributed by atoms with van der Waals surface area (Å²) < 4.78 is 1.62. The summed E-state index contributed by atoms with van der Waals surface area (Å²) in [4.78, 5) is 29.3. The van der Waals surface area contributed by atoms with Crippen molar-refractivity contribution in [1.29, 1.82) is 0 Å². The lowest BCUT2D eigenvalue weighted by atomic mass is 9.77. The van der Waals surface area contributed by atoms with E-state index in [0.29, 0.717) is 31.7 Å². The van der Waals surface area contributed by atoms with Crippen LogP contribution in [0.25, 0.3) is 5.69 Å². The van der Waals surface area contributed by atoms with Gasteiger partial charge in [-0.05, 0) is 42.9 Å². The summed E-state index contributed by atoms with van der Waals surface area (Å²) in [5.41, 5.74) is 1.49. The molecular weight excluding hydrogens is 358 g/mol. The third-order valence-corrected chi connectivity index (χ3v) is 6.43. The van der Waals surface area contributed by atoms with Crippen molar-refractivity contribution in [2.24, 2.45) is 11.3 Å². The lowest BCUT2D eigenvalue weighted by Crippen LogP contribution is -2.51. The van der Waals surface area contributed by atoms with Gasteiger partial charge in [0.15, 0.2) is 0 Å². The van der Waals surface area contributed by atoms with Gasteiger partial charge in [-0.1, -0.05) is 11.3 Å². The average molecular weight is 381 g/mol. The van der Waals surface area contributed by atoms with Crippen LogP contribution < -0.4 is 0 Å². The second-order valence-corrected chi connectivity index (χ2v) is 8.20. The van der Waals surface area contributed by atoms with Gasteiger partial charge >= 0.3 is 0 Å². The van der Waals surface area contributed by atoms with Crippen molar-refractivity contribution in [2.45, 2.75) is 25.4 Å². The number of aliphatic hydroxyl groups is 1. The van der Waals surface area contributed by atoms with E-state index in [1.54, 1.807) is 28.0 Å². The van der Waals surface area contributed by atoms with E-state index in [2.05, 4.69) is 10.3 Å². The van der Waals surface area contributed by atoms with E-state index in [1.165, 1.54) is 0 Å². The molecule has 2 heterocycles. The van der Waals surface area contributed by atoms with E-state index in [4.69, 9.17) is 0 Å². The molecule has 2 aliphatic carbocycles. The number of nitrogens with zero attached hydrogens (tertiary/aromatic N) is 5. The highest BCUT2D eigenvalue weighted by Gasteiger charge is 2.64. The molecule has 1 spiro atoms. The first-order chi connectivity index (χ1) is 13.6. The maximum atomic E-state index is 12.9. The van der Waals surface area contributed by atoms with Crippen LogP contribution >= 0.6 is 0 Å². The van der Waals surface area contributed by atoms with Crippen LogP contribution in [0.1, 0.15) is 29.6 Å². The number of aromatic nitrogens is 3. The highest BCUT2D eigenvalue weighted by atomic mass is 16.3. The van der Waals surface area contributed by atoms with Crippen LogP contribution in [-0.2, 0) is 4.79 Å². The Morgan fingerprint density at radius 2 is 1.82 bits per heavy atom. The quantitative estimate of drug-likeness (QED) is 0.846. The molecule has 28 heavy (non-hydrogen) atoms. The Bertz CT molecular complexity index is 898. The van der Waals surface area contributed by atoms with Crippen LogP contribution in [-0.4, -0.2) is 74.0 Å². The van der Waals surface area contributed by atoms with Gasteiger partial charge in [-0.2, -0.15) is 0 Å². The molecule has 3 fully saturated rings. The second kappa shape index (κ2) is 6.41. The number of aliphatic hydroxyl groups excluding tert-OH is 1. The molecule has 0 bridgehead atoms. The molecular formula is C20H23N5O3. The van der Waals surface area contributed by atoms with Gasteiger partial charge in [-0.3, -0.25) is 9.59 Å². The van der Waals surface area contributed by atoms with Gasteiger partial charge < -0.3 is 14.9 Å². The lowest BCUT2D eigenvalue weighted by Gasteiger charge is -2.37. The monoisotopic (exact) mass is 381 g/mol. The Morgan fingerprint density at radius 1 is 1.07 bits per heavy atom. The molecule has 146 valence electrons. The maximum absolute atomic E-state index is 12.9. The van der Waals surface area contributed by atoms with Crippen molar-refractivity contribution in [1.82, 2.24) is 24.8 Å². The van der Waals surface area contributed by atoms with Crippen LogP contribution in [0, 0.1) is 11.3 Å². The molecule has 1 aromatic carbocycles. The molecule has 1 N–H and O–H groups in total. The first-order valence-electron chi connectivity index (χ1n) is 9.79. The molecule has 1 atom stereocenters. The van der Waals surface area contributed by atoms with Crippen LogP contribution in [0.15, 0.2) is 36.7 Å². The summed E-state index contributed by atoms with van der Waals surface area (Å²) in [7, 11) is 0. The summed E-state index contributed by atoms with van der Waals surface area (Å²) in [5.74, 6) is 0.253. The zero-order valence-corrected chi connectivity index (χ0v) is 15.6. The molecule has 5 rings (SSSR count). The number of carbonyl (C=O) groups excluding carboxylic acids is 2. The zero-order valence-electron chi connectivity index (χ0n) is 15.6. The minimum absolute atomic E-state index is 0.0286. The summed E-state index contributed by atoms with van der Waals surface area (Å²) in [5, 5.41) is 17.3. The Kier molecular flexibility index (Phi) is 3.97.